The molecule has 2 heterocycles. The number of hydrogen-bond donors (Lipinski definition) is 1. The number of nitrogens with one attached hydrogen (secondary N) is 1. The van der Waals surface area contributed by atoms with Crippen LogP contribution in [0.15, 0.2) is 36.4 Å². The van der Waals surface area contributed by atoms with Gasteiger partial charge < -0.3 is 5.32 Å². The largest absolute Gasteiger partial charge is 0.340 e. The van der Waals surface area contributed by atoms with Crippen molar-refractivity contribution in [1.29, 1.82) is 0 Å². The van der Waals surface area contributed by atoms with Crippen LogP contribution in [0.2, 0.25) is 0 Å². The van der Waals surface area contributed by atoms with Crippen LogP contribution in [-0.2, 0) is 7.05 Å². The van der Waals surface area contributed by atoms with Crippen LogP contribution in [0.25, 0.3) is 21.8 Å². The van der Waals surface area contributed by atoms with Gasteiger partial charge in [0.2, 0.25) is 0 Å². The van der Waals surface area contributed by atoms with Gasteiger partial charge in [0.15, 0.2) is 0 Å². The van der Waals surface area contributed by atoms with Crippen molar-refractivity contribution >= 4 is 33.3 Å². The number of benzene rings is 2. The minimum atomic E-state index is -0.350. The maximum absolute atomic E-state index is 14.0. The van der Waals surface area contributed by atoms with Gasteiger partial charge in [-0.1, -0.05) is 6.07 Å². The molecule has 0 fully saturated rings. The Morgan fingerprint density at radius 3 is 2.71 bits per heavy atom. The second kappa shape index (κ2) is 5.26. The van der Waals surface area contributed by atoms with Crippen LogP contribution in [0.5, 0.6) is 0 Å². The lowest BCUT2D eigenvalue weighted by Gasteiger charge is -2.10. The van der Waals surface area contributed by atoms with Crippen molar-refractivity contribution < 1.29 is 4.39 Å². The Morgan fingerprint density at radius 1 is 1.04 bits per heavy atom. The van der Waals surface area contributed by atoms with Gasteiger partial charge >= 0.3 is 0 Å². The Kier molecular flexibility index (Phi) is 3.19. The minimum Gasteiger partial charge on any atom is -0.340 e. The number of nitrogens with zero attached hydrogens (tertiary/aromatic N) is 4. The predicted octanol–water partition coefficient (Wildman–Crippen LogP) is 4.02. The summed E-state index contributed by atoms with van der Waals surface area (Å²) in [6.45, 7) is 3.79. The summed E-state index contributed by atoms with van der Waals surface area (Å²) in [5.41, 5.74) is 3.19. The summed E-state index contributed by atoms with van der Waals surface area (Å²) in [6.07, 6.45) is 0. The maximum Gasteiger partial charge on any atom is 0.149 e. The zero-order valence-corrected chi connectivity index (χ0v) is 13.6. The zero-order valence-electron chi connectivity index (χ0n) is 13.6. The first-order valence-corrected chi connectivity index (χ1v) is 7.66. The van der Waals surface area contributed by atoms with E-state index in [4.69, 9.17) is 0 Å². The van der Waals surface area contributed by atoms with Gasteiger partial charge in [-0.2, -0.15) is 5.10 Å². The average molecular weight is 321 g/mol. The van der Waals surface area contributed by atoms with Gasteiger partial charge in [-0.05, 0) is 44.2 Å². The number of anilines is 2. The average Bonchev–Trinajstić information content (AvgIpc) is 2.83. The first kappa shape index (κ1) is 14.6. The highest BCUT2D eigenvalue weighted by molar-refractivity contribution is 5.92. The van der Waals surface area contributed by atoms with Gasteiger partial charge in [-0.3, -0.25) is 4.68 Å². The molecule has 0 unspecified atom stereocenters. The van der Waals surface area contributed by atoms with Crippen LogP contribution >= 0.6 is 0 Å². The molecular weight excluding hydrogens is 305 g/mol. The third kappa shape index (κ3) is 2.27. The van der Waals surface area contributed by atoms with Crippen molar-refractivity contribution in [1.82, 2.24) is 19.7 Å². The van der Waals surface area contributed by atoms with E-state index in [9.17, 15) is 4.39 Å². The van der Waals surface area contributed by atoms with E-state index in [0.29, 0.717) is 22.5 Å². The normalized spacial score (nSPS) is 11.3. The molecule has 1 N–H and O–H groups in total. The van der Waals surface area contributed by atoms with Crippen LogP contribution < -0.4 is 5.32 Å². The second-order valence-corrected chi connectivity index (χ2v) is 5.82. The summed E-state index contributed by atoms with van der Waals surface area (Å²) >= 11 is 0. The second-order valence-electron chi connectivity index (χ2n) is 5.82. The number of aryl methyl sites for hydroxylation is 3. The minimum absolute atomic E-state index is 0.322. The Hall–Kier alpha value is -3.02. The molecule has 4 aromatic rings. The summed E-state index contributed by atoms with van der Waals surface area (Å²) in [5.74, 6) is 0.755. The number of rotatable bonds is 2. The standard InChI is InChI=1S/C18H16FN5/c1-10-13-8-7-12(9-16(13)23-24(10)3)22-18-14-5-4-6-15(19)17(14)20-11(2)21-18/h4-9H,1-3H3,(H,20,21,22). The molecule has 6 heteroatoms. The molecule has 120 valence electrons. The molecule has 5 nitrogen and oxygen atoms in total. The fourth-order valence-corrected chi connectivity index (χ4v) is 2.87. The van der Waals surface area contributed by atoms with Crippen LogP contribution in [-0.4, -0.2) is 19.7 Å². The number of aromatic nitrogens is 4. The fraction of sp³-hybridized carbons (Fsp3) is 0.167. The Labute approximate surface area is 138 Å². The van der Waals surface area contributed by atoms with E-state index in [-0.39, 0.29) is 5.82 Å². The van der Waals surface area contributed by atoms with E-state index in [1.54, 1.807) is 13.0 Å². The van der Waals surface area contributed by atoms with E-state index < -0.39 is 0 Å². The van der Waals surface area contributed by atoms with E-state index in [2.05, 4.69) is 20.4 Å². The molecule has 0 spiro atoms. The van der Waals surface area contributed by atoms with E-state index in [1.807, 2.05) is 42.9 Å². The van der Waals surface area contributed by atoms with E-state index in [0.717, 1.165) is 22.3 Å². The predicted molar refractivity (Wildman–Crippen MR) is 93.0 cm³/mol. The molecule has 0 amide bonds. The molecule has 2 aromatic heterocycles. The van der Waals surface area contributed by atoms with Crippen molar-refractivity contribution in [3.8, 4) is 0 Å². The molecule has 0 saturated carbocycles. The van der Waals surface area contributed by atoms with Crippen molar-refractivity contribution in [2.24, 2.45) is 7.05 Å². The molecule has 24 heavy (non-hydrogen) atoms. The van der Waals surface area contributed by atoms with Gasteiger partial charge in [-0.25, -0.2) is 14.4 Å². The quantitative estimate of drug-likeness (QED) is 0.606. The lowest BCUT2D eigenvalue weighted by Crippen LogP contribution is -2.00. The maximum atomic E-state index is 14.0. The molecule has 0 radical (unpaired) electrons. The molecule has 0 aliphatic heterocycles. The highest BCUT2D eigenvalue weighted by Gasteiger charge is 2.11. The monoisotopic (exact) mass is 321 g/mol. The number of para-hydroxylation sites is 1. The van der Waals surface area contributed by atoms with Crippen LogP contribution in [0.4, 0.5) is 15.9 Å². The van der Waals surface area contributed by atoms with Crippen LogP contribution in [0.1, 0.15) is 11.5 Å². The smallest absolute Gasteiger partial charge is 0.149 e. The Bertz CT molecular complexity index is 1080. The Balaban J connectivity index is 1.83. The molecule has 0 aliphatic rings. The van der Waals surface area contributed by atoms with Crippen LogP contribution in [0.3, 0.4) is 0 Å². The van der Waals surface area contributed by atoms with Crippen molar-refractivity contribution in [3.63, 3.8) is 0 Å². The van der Waals surface area contributed by atoms with Crippen molar-refractivity contribution in [2.75, 3.05) is 5.32 Å². The molecule has 0 atom stereocenters. The van der Waals surface area contributed by atoms with E-state index >= 15 is 0 Å². The third-order valence-electron chi connectivity index (χ3n) is 4.18. The first-order chi connectivity index (χ1) is 11.5. The SMILES string of the molecule is Cc1nc(Nc2ccc3c(C)n(C)nc3c2)c2cccc(F)c2n1. The van der Waals surface area contributed by atoms with Gasteiger partial charge in [0.05, 0.1) is 5.52 Å². The topological polar surface area (TPSA) is 55.6 Å². The summed E-state index contributed by atoms with van der Waals surface area (Å²) in [5, 5.41) is 9.52. The third-order valence-corrected chi connectivity index (χ3v) is 4.18. The number of fused-ring (bicyclic) bond motifs is 2. The fourth-order valence-electron chi connectivity index (χ4n) is 2.87. The van der Waals surface area contributed by atoms with Gasteiger partial charge in [-0.15, -0.1) is 0 Å². The van der Waals surface area contributed by atoms with Gasteiger partial charge in [0.25, 0.3) is 0 Å². The molecular formula is C18H16FN5. The van der Waals surface area contributed by atoms with Gasteiger partial charge in [0, 0.05) is 29.2 Å². The Morgan fingerprint density at radius 2 is 1.88 bits per heavy atom. The zero-order chi connectivity index (χ0) is 16.8. The molecule has 4 rings (SSSR count). The van der Waals surface area contributed by atoms with Gasteiger partial charge in [0.1, 0.15) is 23.0 Å². The summed E-state index contributed by atoms with van der Waals surface area (Å²) in [7, 11) is 1.92. The van der Waals surface area contributed by atoms with Crippen LogP contribution in [0, 0.1) is 19.7 Å². The number of hydrogen-bond acceptors (Lipinski definition) is 4. The number of halogens is 1. The summed E-state index contributed by atoms with van der Waals surface area (Å²) in [4.78, 5) is 8.63. The van der Waals surface area contributed by atoms with Crippen molar-refractivity contribution in [3.05, 3.63) is 53.7 Å². The lowest BCUT2D eigenvalue weighted by atomic mass is 10.2. The molecule has 0 aliphatic carbocycles. The van der Waals surface area contributed by atoms with E-state index in [1.165, 1.54) is 6.07 Å². The van der Waals surface area contributed by atoms with Crippen molar-refractivity contribution in [2.45, 2.75) is 13.8 Å². The lowest BCUT2D eigenvalue weighted by molar-refractivity contribution is 0.636. The molecule has 0 bridgehead atoms. The summed E-state index contributed by atoms with van der Waals surface area (Å²) in [6, 6.07) is 10.8. The highest BCUT2D eigenvalue weighted by atomic mass is 19.1. The summed E-state index contributed by atoms with van der Waals surface area (Å²) < 4.78 is 15.9. The first-order valence-electron chi connectivity index (χ1n) is 7.66. The highest BCUT2D eigenvalue weighted by Crippen LogP contribution is 2.27. The molecule has 2 aromatic carbocycles. The molecule has 0 saturated heterocycles.